The second-order valence-electron chi connectivity index (χ2n) is 3.90. The second kappa shape index (κ2) is 5.28. The third kappa shape index (κ3) is 2.49. The van der Waals surface area contributed by atoms with E-state index in [1.165, 1.54) is 30.9 Å². The van der Waals surface area contributed by atoms with Gasteiger partial charge in [0.1, 0.15) is 17.4 Å². The Hall–Kier alpha value is -1.44. The van der Waals surface area contributed by atoms with Crippen LogP contribution in [0, 0.1) is 15.2 Å². The van der Waals surface area contributed by atoms with Crippen LogP contribution in [0.1, 0.15) is 0 Å². The summed E-state index contributed by atoms with van der Waals surface area (Å²) in [7, 11) is 2.80. The van der Waals surface area contributed by atoms with Crippen LogP contribution in [0.3, 0.4) is 0 Å². The summed E-state index contributed by atoms with van der Waals surface area (Å²) in [5.41, 5.74) is -0.354. The molecular formula is C13H10F2INO2. The van der Waals surface area contributed by atoms with Gasteiger partial charge in [-0.2, -0.15) is 0 Å². The molecule has 100 valence electrons. The van der Waals surface area contributed by atoms with Crippen LogP contribution in [0.25, 0.3) is 11.3 Å². The topological polar surface area (TPSA) is 31.2 Å². The Kier molecular flexibility index (Phi) is 3.88. The van der Waals surface area contributed by atoms with Crippen LogP contribution in [-0.4, -0.2) is 11.7 Å². The maximum atomic E-state index is 14.0. The van der Waals surface area contributed by atoms with Gasteiger partial charge in [-0.05, 0) is 34.7 Å². The van der Waals surface area contributed by atoms with E-state index < -0.39 is 11.6 Å². The van der Waals surface area contributed by atoms with Gasteiger partial charge in [-0.1, -0.05) is 0 Å². The second-order valence-corrected chi connectivity index (χ2v) is 5.06. The van der Waals surface area contributed by atoms with E-state index in [9.17, 15) is 13.6 Å². The van der Waals surface area contributed by atoms with E-state index in [4.69, 9.17) is 4.74 Å². The molecule has 0 unspecified atom stereocenters. The molecule has 19 heavy (non-hydrogen) atoms. The van der Waals surface area contributed by atoms with Crippen LogP contribution < -0.4 is 10.3 Å². The van der Waals surface area contributed by atoms with Crippen LogP contribution in [0.2, 0.25) is 0 Å². The summed E-state index contributed by atoms with van der Waals surface area (Å²) in [5.74, 6) is -1.45. The summed E-state index contributed by atoms with van der Waals surface area (Å²) in [4.78, 5) is 11.8. The highest BCUT2D eigenvalue weighted by Gasteiger charge is 2.17. The maximum absolute atomic E-state index is 14.0. The van der Waals surface area contributed by atoms with Crippen LogP contribution in [0.5, 0.6) is 5.75 Å². The Balaban J connectivity index is 2.73. The first-order valence-electron chi connectivity index (χ1n) is 5.34. The van der Waals surface area contributed by atoms with Gasteiger partial charge in [0.25, 0.3) is 5.56 Å². The van der Waals surface area contributed by atoms with Crippen LogP contribution in [0.15, 0.2) is 29.1 Å². The molecule has 0 radical (unpaired) electrons. The standard InChI is InChI=1S/C13H10F2INO2/c1-17-11(4-3-10(16)13(17)18)12-8(14)5-7(19-2)6-9(12)15/h3-6H,1-2H3. The fraction of sp³-hybridized carbons (Fsp3) is 0.154. The smallest absolute Gasteiger partial charge is 0.264 e. The van der Waals surface area contributed by atoms with Crippen LogP contribution >= 0.6 is 22.6 Å². The lowest BCUT2D eigenvalue weighted by atomic mass is 10.1. The summed E-state index contributed by atoms with van der Waals surface area (Å²) < 4.78 is 34.4. The Morgan fingerprint density at radius 1 is 1.21 bits per heavy atom. The molecule has 0 bridgehead atoms. The van der Waals surface area contributed by atoms with Crippen molar-refractivity contribution in [2.45, 2.75) is 0 Å². The molecule has 1 aromatic carbocycles. The van der Waals surface area contributed by atoms with Crippen molar-refractivity contribution in [1.82, 2.24) is 4.57 Å². The SMILES string of the molecule is COc1cc(F)c(-c2ccc(I)c(=O)n2C)c(F)c1. The third-order valence-electron chi connectivity index (χ3n) is 2.77. The molecule has 0 saturated carbocycles. The summed E-state index contributed by atoms with van der Waals surface area (Å²) >= 11 is 1.87. The molecule has 0 aliphatic rings. The van der Waals surface area contributed by atoms with E-state index in [1.807, 2.05) is 22.6 Å². The molecule has 0 spiro atoms. The number of rotatable bonds is 2. The van der Waals surface area contributed by atoms with Crippen molar-refractivity contribution in [2.75, 3.05) is 7.11 Å². The largest absolute Gasteiger partial charge is 0.497 e. The van der Waals surface area contributed by atoms with Crippen LogP contribution in [0.4, 0.5) is 8.78 Å². The number of ether oxygens (including phenoxy) is 1. The molecule has 0 amide bonds. The van der Waals surface area contributed by atoms with Crippen molar-refractivity contribution < 1.29 is 13.5 Å². The first-order chi connectivity index (χ1) is 8.95. The highest BCUT2D eigenvalue weighted by Crippen LogP contribution is 2.28. The first-order valence-corrected chi connectivity index (χ1v) is 6.42. The molecule has 0 N–H and O–H groups in total. The molecule has 0 saturated heterocycles. The molecule has 1 heterocycles. The number of hydrogen-bond donors (Lipinski definition) is 0. The number of methoxy groups -OCH3 is 1. The zero-order chi connectivity index (χ0) is 14.2. The van der Waals surface area contributed by atoms with Gasteiger partial charge in [0.05, 0.1) is 21.9 Å². The fourth-order valence-electron chi connectivity index (χ4n) is 1.77. The zero-order valence-electron chi connectivity index (χ0n) is 10.2. The van der Waals surface area contributed by atoms with Gasteiger partial charge in [-0.15, -0.1) is 0 Å². The van der Waals surface area contributed by atoms with E-state index >= 15 is 0 Å². The fourth-order valence-corrected chi connectivity index (χ4v) is 2.31. The van der Waals surface area contributed by atoms with Gasteiger partial charge >= 0.3 is 0 Å². The van der Waals surface area contributed by atoms with E-state index in [1.54, 1.807) is 0 Å². The summed E-state index contributed by atoms with van der Waals surface area (Å²) in [6.07, 6.45) is 0. The molecule has 2 rings (SSSR count). The van der Waals surface area contributed by atoms with Gasteiger partial charge in [-0.25, -0.2) is 8.78 Å². The lowest BCUT2D eigenvalue weighted by Gasteiger charge is -2.11. The van der Waals surface area contributed by atoms with Gasteiger partial charge in [0, 0.05) is 19.2 Å². The highest BCUT2D eigenvalue weighted by atomic mass is 127. The summed E-state index contributed by atoms with van der Waals surface area (Å²) in [5, 5.41) is 0. The Morgan fingerprint density at radius 2 is 1.79 bits per heavy atom. The minimum atomic E-state index is -0.770. The Labute approximate surface area is 122 Å². The molecule has 3 nitrogen and oxygen atoms in total. The van der Waals surface area contributed by atoms with E-state index in [-0.39, 0.29) is 22.6 Å². The number of aromatic nitrogens is 1. The van der Waals surface area contributed by atoms with Gasteiger partial charge in [0.15, 0.2) is 0 Å². The Morgan fingerprint density at radius 3 is 2.32 bits per heavy atom. The summed E-state index contributed by atoms with van der Waals surface area (Å²) in [6.45, 7) is 0. The minimum absolute atomic E-state index is 0.0919. The predicted octanol–water partition coefficient (Wildman–Crippen LogP) is 2.94. The van der Waals surface area contributed by atoms with Crippen molar-refractivity contribution >= 4 is 22.6 Å². The van der Waals surface area contributed by atoms with E-state index in [2.05, 4.69) is 0 Å². The lowest BCUT2D eigenvalue weighted by molar-refractivity contribution is 0.407. The van der Waals surface area contributed by atoms with Crippen molar-refractivity contribution in [3.05, 3.63) is 49.8 Å². The summed E-state index contributed by atoms with van der Waals surface area (Å²) in [6, 6.07) is 5.21. The van der Waals surface area contributed by atoms with Crippen molar-refractivity contribution in [3.8, 4) is 17.0 Å². The number of hydrogen-bond acceptors (Lipinski definition) is 2. The van der Waals surface area contributed by atoms with Crippen molar-refractivity contribution in [3.63, 3.8) is 0 Å². The normalized spacial score (nSPS) is 10.6. The van der Waals surface area contributed by atoms with E-state index in [0.717, 1.165) is 12.1 Å². The number of nitrogens with zero attached hydrogens (tertiary/aromatic N) is 1. The predicted molar refractivity (Wildman–Crippen MR) is 76.3 cm³/mol. The molecule has 0 aliphatic carbocycles. The lowest BCUT2D eigenvalue weighted by Crippen LogP contribution is -2.21. The molecule has 1 aromatic heterocycles. The zero-order valence-corrected chi connectivity index (χ0v) is 12.4. The first kappa shape index (κ1) is 14.0. The van der Waals surface area contributed by atoms with Crippen molar-refractivity contribution in [1.29, 1.82) is 0 Å². The molecule has 6 heteroatoms. The molecule has 0 atom stereocenters. The maximum Gasteiger partial charge on any atom is 0.264 e. The quantitative estimate of drug-likeness (QED) is 0.754. The Bertz CT molecular complexity index is 675. The molecule has 2 aromatic rings. The third-order valence-corrected chi connectivity index (χ3v) is 3.59. The van der Waals surface area contributed by atoms with Gasteiger partial charge in [0.2, 0.25) is 0 Å². The van der Waals surface area contributed by atoms with Gasteiger partial charge < -0.3 is 9.30 Å². The molecule has 0 fully saturated rings. The average Bonchev–Trinajstić information content (AvgIpc) is 2.37. The number of pyridine rings is 1. The van der Waals surface area contributed by atoms with E-state index in [0.29, 0.717) is 3.57 Å². The monoisotopic (exact) mass is 377 g/mol. The highest BCUT2D eigenvalue weighted by molar-refractivity contribution is 14.1. The van der Waals surface area contributed by atoms with Gasteiger partial charge in [-0.3, -0.25) is 4.79 Å². The number of benzene rings is 1. The molecule has 0 aliphatic heterocycles. The minimum Gasteiger partial charge on any atom is -0.497 e. The van der Waals surface area contributed by atoms with Crippen molar-refractivity contribution in [2.24, 2.45) is 7.05 Å². The average molecular weight is 377 g/mol. The number of halogens is 3. The molecular weight excluding hydrogens is 367 g/mol. The van der Waals surface area contributed by atoms with Crippen LogP contribution in [-0.2, 0) is 7.05 Å².